The highest BCUT2D eigenvalue weighted by Gasteiger charge is 2.39. The van der Waals surface area contributed by atoms with E-state index in [1.54, 1.807) is 6.55 Å². The molecule has 92 valence electrons. The molecule has 0 N–H and O–H groups in total. The van der Waals surface area contributed by atoms with Crippen LogP contribution in [-0.2, 0) is 12.3 Å². The van der Waals surface area contributed by atoms with Gasteiger partial charge in [0.2, 0.25) is 0 Å². The van der Waals surface area contributed by atoms with Gasteiger partial charge in [-0.05, 0) is 19.6 Å². The lowest BCUT2D eigenvalue weighted by Gasteiger charge is -2.40. The monoisotopic (exact) mass is 298 g/mol. The fourth-order valence-electron chi connectivity index (χ4n) is 1.69. The van der Waals surface area contributed by atoms with Crippen LogP contribution in [0.4, 0.5) is 0 Å². The Morgan fingerprint density at radius 3 is 1.24 bits per heavy atom. The highest BCUT2D eigenvalue weighted by atomic mass is 28.5. The quantitative estimate of drug-likeness (QED) is 0.690. The maximum absolute atomic E-state index is 6.09. The van der Waals surface area contributed by atoms with Crippen LogP contribution in [-0.4, -0.2) is 55.7 Å². The molecule has 0 aliphatic carbocycles. The smallest absolute Gasteiger partial charge is 0.311 e. The normalized spacial score (nSPS) is 17.8. The molecule has 0 aromatic carbocycles. The zero-order valence-electron chi connectivity index (χ0n) is 12.0. The Labute approximate surface area is 114 Å². The molecule has 0 spiro atoms. The van der Waals surface area contributed by atoms with Crippen LogP contribution >= 0.6 is 0 Å². The predicted octanol–water partition coefficient (Wildman–Crippen LogP) is 1.22. The molecular formula is C7H21B3O3Si4. The Bertz CT molecular complexity index is 236. The summed E-state index contributed by atoms with van der Waals surface area (Å²) in [5.41, 5.74) is 0. The van der Waals surface area contributed by atoms with Crippen molar-refractivity contribution in [3.8, 4) is 0 Å². The summed E-state index contributed by atoms with van der Waals surface area (Å²) >= 11 is 0. The van der Waals surface area contributed by atoms with Crippen molar-refractivity contribution in [1.82, 2.24) is 0 Å². The van der Waals surface area contributed by atoms with Crippen LogP contribution in [0.2, 0.25) is 45.8 Å². The first-order valence-corrected chi connectivity index (χ1v) is 16.8. The van der Waals surface area contributed by atoms with E-state index in [0.29, 0.717) is 0 Å². The van der Waals surface area contributed by atoms with Crippen molar-refractivity contribution in [2.75, 3.05) is 0 Å². The fraction of sp³-hybridized carbons (Fsp3) is 1.00. The second-order valence-electron chi connectivity index (χ2n) is 5.93. The first-order valence-electron chi connectivity index (χ1n) is 5.59. The molecule has 0 fully saturated rings. The number of hydrogen-bond acceptors (Lipinski definition) is 3. The average molecular weight is 298 g/mol. The lowest BCUT2D eigenvalue weighted by atomic mass is 10.7. The lowest BCUT2D eigenvalue weighted by Crippen LogP contribution is -2.58. The van der Waals surface area contributed by atoms with Gasteiger partial charge in [0, 0.05) is 0 Å². The van der Waals surface area contributed by atoms with Gasteiger partial charge in [-0.25, -0.2) is 0 Å². The molecule has 6 radical (unpaired) electrons. The maximum atomic E-state index is 6.09. The van der Waals surface area contributed by atoms with E-state index >= 15 is 0 Å². The topological polar surface area (TPSA) is 27.7 Å². The summed E-state index contributed by atoms with van der Waals surface area (Å²) in [6.07, 6.45) is 0. The summed E-state index contributed by atoms with van der Waals surface area (Å²) in [6.45, 7) is 13.3. The highest BCUT2D eigenvalue weighted by molar-refractivity contribution is 7.22. The minimum absolute atomic E-state index is 1.79. The number of rotatable bonds is 6. The zero-order valence-corrected chi connectivity index (χ0v) is 16.0. The van der Waals surface area contributed by atoms with Crippen molar-refractivity contribution in [2.45, 2.75) is 45.8 Å². The molecule has 0 saturated carbocycles. The molecule has 0 saturated heterocycles. The van der Waals surface area contributed by atoms with E-state index < -0.39 is 33.4 Å². The van der Waals surface area contributed by atoms with E-state index in [9.17, 15) is 0 Å². The summed E-state index contributed by atoms with van der Waals surface area (Å²) < 4.78 is 17.5. The standard InChI is InChI=1S/C7H21B3O3Si4/c1-14(2,8)11-16(5,6)13-17(7,10)12-15(3,4)9/h1-7H3. The van der Waals surface area contributed by atoms with Gasteiger partial charge in [0.1, 0.15) is 23.8 Å². The summed E-state index contributed by atoms with van der Waals surface area (Å²) in [5.74, 6) is 0. The molecule has 0 bridgehead atoms. The summed E-state index contributed by atoms with van der Waals surface area (Å²) in [4.78, 5) is 0. The summed E-state index contributed by atoms with van der Waals surface area (Å²) in [5, 5.41) is 0. The molecule has 0 rings (SSSR count). The van der Waals surface area contributed by atoms with Gasteiger partial charge in [-0.3, -0.25) is 0 Å². The van der Waals surface area contributed by atoms with Gasteiger partial charge < -0.3 is 12.3 Å². The molecule has 0 aromatic heterocycles. The van der Waals surface area contributed by atoms with Crippen LogP contribution in [0.25, 0.3) is 0 Å². The molecule has 3 nitrogen and oxygen atoms in total. The molecular weight excluding hydrogens is 277 g/mol. The third-order valence-corrected chi connectivity index (χ3v) is 12.8. The Kier molecular flexibility index (Phi) is 5.82. The third-order valence-electron chi connectivity index (χ3n) is 1.42. The van der Waals surface area contributed by atoms with Crippen molar-refractivity contribution in [2.24, 2.45) is 0 Å². The molecule has 0 amide bonds. The predicted molar refractivity (Wildman–Crippen MR) is 84.6 cm³/mol. The number of hydrogen-bond donors (Lipinski definition) is 0. The molecule has 0 aliphatic rings. The average Bonchev–Trinajstić information content (AvgIpc) is 1.65. The second kappa shape index (κ2) is 5.52. The third kappa shape index (κ3) is 10.5. The van der Waals surface area contributed by atoms with E-state index in [2.05, 4.69) is 0 Å². The lowest BCUT2D eigenvalue weighted by molar-refractivity contribution is 0.349. The van der Waals surface area contributed by atoms with Gasteiger partial charge >= 0.3 is 8.56 Å². The van der Waals surface area contributed by atoms with E-state index in [-0.39, 0.29) is 0 Å². The van der Waals surface area contributed by atoms with Crippen LogP contribution in [0.5, 0.6) is 0 Å². The first-order chi connectivity index (χ1) is 7.12. The molecule has 0 heterocycles. The largest absolute Gasteiger partial charge is 0.450 e. The maximum Gasteiger partial charge on any atom is 0.311 e. The summed E-state index contributed by atoms with van der Waals surface area (Å²) in [7, 11) is 8.55. The van der Waals surface area contributed by atoms with Crippen LogP contribution in [0.15, 0.2) is 0 Å². The van der Waals surface area contributed by atoms with E-state index in [4.69, 9.17) is 34.7 Å². The van der Waals surface area contributed by atoms with Crippen LogP contribution < -0.4 is 0 Å². The van der Waals surface area contributed by atoms with Crippen molar-refractivity contribution in [3.05, 3.63) is 0 Å². The van der Waals surface area contributed by atoms with Gasteiger partial charge in [-0.2, -0.15) is 0 Å². The Morgan fingerprint density at radius 1 is 0.588 bits per heavy atom. The van der Waals surface area contributed by atoms with Gasteiger partial charge in [0.05, 0.1) is 14.9 Å². The SMILES string of the molecule is [B][Si](C)(C)O[Si]([B])(C)O[Si](C)(C)O[Si]([B])(C)C. The van der Waals surface area contributed by atoms with Gasteiger partial charge in [-0.15, -0.1) is 0 Å². The van der Waals surface area contributed by atoms with E-state index in [1.165, 1.54) is 0 Å². The zero-order chi connectivity index (χ0) is 14.1. The van der Waals surface area contributed by atoms with Crippen molar-refractivity contribution in [3.63, 3.8) is 0 Å². The van der Waals surface area contributed by atoms with Crippen molar-refractivity contribution >= 4 is 55.7 Å². The first kappa shape index (κ1) is 17.9. The molecule has 10 heteroatoms. The second-order valence-corrected chi connectivity index (χ2v) is 19.6. The minimum Gasteiger partial charge on any atom is -0.450 e. The fourth-order valence-corrected chi connectivity index (χ4v) is 15.9. The molecule has 1 atom stereocenters. The Morgan fingerprint density at radius 2 is 0.941 bits per heavy atom. The van der Waals surface area contributed by atoms with Crippen molar-refractivity contribution < 1.29 is 12.3 Å². The molecule has 17 heavy (non-hydrogen) atoms. The van der Waals surface area contributed by atoms with Crippen molar-refractivity contribution in [1.29, 1.82) is 0 Å². The molecule has 0 aromatic rings. The van der Waals surface area contributed by atoms with E-state index in [1.807, 2.05) is 39.3 Å². The van der Waals surface area contributed by atoms with Gasteiger partial charge in [0.25, 0.3) is 8.43 Å². The Hall–Kier alpha value is 0.942. The molecule has 1 unspecified atom stereocenters. The van der Waals surface area contributed by atoms with Crippen LogP contribution in [0.1, 0.15) is 0 Å². The Balaban J connectivity index is 4.59. The van der Waals surface area contributed by atoms with Crippen LogP contribution in [0, 0.1) is 0 Å². The summed E-state index contributed by atoms with van der Waals surface area (Å²) in [6, 6.07) is 0. The van der Waals surface area contributed by atoms with Gasteiger partial charge in [0.15, 0.2) is 0 Å². The van der Waals surface area contributed by atoms with Crippen LogP contribution in [0.3, 0.4) is 0 Å². The van der Waals surface area contributed by atoms with E-state index in [0.717, 1.165) is 0 Å². The highest BCUT2D eigenvalue weighted by Crippen LogP contribution is 2.20. The molecule has 0 aliphatic heterocycles. The van der Waals surface area contributed by atoms with Gasteiger partial charge in [-0.1, -0.05) is 26.2 Å². The minimum atomic E-state index is -2.73.